The fourth-order valence-corrected chi connectivity index (χ4v) is 1.27. The van der Waals surface area contributed by atoms with Crippen molar-refractivity contribution in [1.82, 2.24) is 0 Å². The lowest BCUT2D eigenvalue weighted by Crippen LogP contribution is -2.09. The van der Waals surface area contributed by atoms with Crippen LogP contribution < -0.4 is 0 Å². The number of benzene rings is 1. The summed E-state index contributed by atoms with van der Waals surface area (Å²) < 4.78 is 4.55. The molecule has 0 atom stereocenters. The predicted molar refractivity (Wildman–Crippen MR) is 62.9 cm³/mol. The minimum atomic E-state index is -0.895. The number of hydrogen-bond donors (Lipinski definition) is 1. The lowest BCUT2D eigenvalue weighted by Gasteiger charge is -2.01. The van der Waals surface area contributed by atoms with Crippen LogP contribution in [0.3, 0.4) is 0 Å². The number of aliphatic hydroxyl groups excluding tert-OH is 1. The zero-order valence-electron chi connectivity index (χ0n) is 9.77. The Morgan fingerprint density at radius 1 is 1.41 bits per heavy atom. The lowest BCUT2D eigenvalue weighted by atomic mass is 10.1. The van der Waals surface area contributed by atoms with Crippen LogP contribution >= 0.6 is 0 Å². The van der Waals surface area contributed by atoms with Crippen molar-refractivity contribution in [1.29, 1.82) is 0 Å². The number of rotatable bonds is 4. The van der Waals surface area contributed by atoms with Gasteiger partial charge in [0.05, 0.1) is 6.61 Å². The molecule has 4 heteroatoms. The molecule has 0 amide bonds. The van der Waals surface area contributed by atoms with E-state index in [9.17, 15) is 14.7 Å². The van der Waals surface area contributed by atoms with Crippen LogP contribution in [0.15, 0.2) is 36.1 Å². The van der Waals surface area contributed by atoms with Crippen molar-refractivity contribution in [3.05, 3.63) is 47.2 Å². The normalized spacial score (nSPS) is 11.1. The largest absolute Gasteiger partial charge is 0.502 e. The van der Waals surface area contributed by atoms with Gasteiger partial charge in [0.15, 0.2) is 5.78 Å². The van der Waals surface area contributed by atoms with Crippen molar-refractivity contribution >= 4 is 11.8 Å². The molecule has 0 aromatic heterocycles. The highest BCUT2D eigenvalue weighted by Gasteiger charge is 2.11. The van der Waals surface area contributed by atoms with Crippen LogP contribution in [0.2, 0.25) is 0 Å². The van der Waals surface area contributed by atoms with E-state index in [1.165, 1.54) is 0 Å². The molecule has 1 aromatic carbocycles. The summed E-state index contributed by atoms with van der Waals surface area (Å²) in [6.07, 6.45) is 0.868. The molecule has 0 saturated heterocycles. The predicted octanol–water partition coefficient (Wildman–Crippen LogP) is 2.18. The van der Waals surface area contributed by atoms with E-state index in [0.717, 1.165) is 11.6 Å². The minimum Gasteiger partial charge on any atom is -0.502 e. The van der Waals surface area contributed by atoms with E-state index >= 15 is 0 Å². The summed E-state index contributed by atoms with van der Waals surface area (Å²) in [7, 11) is 0. The molecule has 0 unspecified atom stereocenters. The van der Waals surface area contributed by atoms with E-state index in [-0.39, 0.29) is 6.61 Å². The van der Waals surface area contributed by atoms with E-state index in [1.807, 2.05) is 13.0 Å². The second kappa shape index (κ2) is 5.84. The fraction of sp³-hybridized carbons (Fsp3) is 0.231. The third-order valence-corrected chi connectivity index (χ3v) is 2.05. The van der Waals surface area contributed by atoms with Gasteiger partial charge < -0.3 is 9.84 Å². The molecule has 90 valence electrons. The van der Waals surface area contributed by atoms with Gasteiger partial charge in [-0.2, -0.15) is 0 Å². The molecule has 0 bridgehead atoms. The van der Waals surface area contributed by atoms with Gasteiger partial charge in [-0.25, -0.2) is 4.79 Å². The topological polar surface area (TPSA) is 63.6 Å². The number of allylic oxidation sites excluding steroid dienone is 1. The molecule has 0 saturated carbocycles. The first-order chi connectivity index (χ1) is 8.04. The van der Waals surface area contributed by atoms with Gasteiger partial charge in [0.1, 0.15) is 0 Å². The first kappa shape index (κ1) is 13.0. The number of ether oxygens (including phenoxy) is 1. The molecule has 1 aromatic rings. The van der Waals surface area contributed by atoms with Crippen molar-refractivity contribution in [2.45, 2.75) is 13.8 Å². The summed E-state index contributed by atoms with van der Waals surface area (Å²) in [5.74, 6) is -2.01. The van der Waals surface area contributed by atoms with Crippen molar-refractivity contribution in [3.8, 4) is 0 Å². The number of carbonyl (C=O) groups excluding carboxylic acids is 2. The standard InChI is InChI=1S/C13H14O4/c1-3-17-13(16)12(15)8-11(14)10-6-4-5-9(2)7-10/h4-8,15H,3H2,1-2H3/b12-8-. The Bertz CT molecular complexity index is 460. The Morgan fingerprint density at radius 3 is 2.71 bits per heavy atom. The van der Waals surface area contributed by atoms with Crippen molar-refractivity contribution in [3.63, 3.8) is 0 Å². The van der Waals surface area contributed by atoms with Crippen molar-refractivity contribution < 1.29 is 19.4 Å². The van der Waals surface area contributed by atoms with Gasteiger partial charge in [0, 0.05) is 11.6 Å². The number of carbonyl (C=O) groups is 2. The summed E-state index contributed by atoms with van der Waals surface area (Å²) in [5, 5.41) is 9.32. The van der Waals surface area contributed by atoms with Crippen LogP contribution in [-0.2, 0) is 9.53 Å². The molecule has 17 heavy (non-hydrogen) atoms. The number of ketones is 1. The summed E-state index contributed by atoms with van der Waals surface area (Å²) >= 11 is 0. The van der Waals surface area contributed by atoms with Crippen molar-refractivity contribution in [2.75, 3.05) is 6.61 Å². The average Bonchev–Trinajstić information content (AvgIpc) is 2.29. The van der Waals surface area contributed by atoms with E-state index in [2.05, 4.69) is 4.74 Å². The zero-order valence-corrected chi connectivity index (χ0v) is 9.77. The minimum absolute atomic E-state index is 0.148. The maximum atomic E-state index is 11.7. The molecule has 0 fully saturated rings. The highest BCUT2D eigenvalue weighted by Crippen LogP contribution is 2.07. The molecule has 4 nitrogen and oxygen atoms in total. The van der Waals surface area contributed by atoms with Gasteiger partial charge in [-0.1, -0.05) is 23.8 Å². The third-order valence-electron chi connectivity index (χ3n) is 2.05. The van der Waals surface area contributed by atoms with E-state index < -0.39 is 17.5 Å². The van der Waals surface area contributed by atoms with E-state index in [1.54, 1.807) is 25.1 Å². The maximum absolute atomic E-state index is 11.7. The first-order valence-electron chi connectivity index (χ1n) is 5.23. The van der Waals surface area contributed by atoms with Gasteiger partial charge in [-0.15, -0.1) is 0 Å². The molecule has 0 heterocycles. The van der Waals surface area contributed by atoms with Gasteiger partial charge in [-0.05, 0) is 19.9 Å². The smallest absolute Gasteiger partial charge is 0.373 e. The number of aliphatic hydroxyl groups is 1. The SMILES string of the molecule is CCOC(=O)/C(O)=C/C(=O)c1cccc(C)c1. The first-order valence-corrected chi connectivity index (χ1v) is 5.23. The van der Waals surface area contributed by atoms with Crippen molar-refractivity contribution in [2.24, 2.45) is 0 Å². The molecular formula is C13H14O4. The van der Waals surface area contributed by atoms with Gasteiger partial charge >= 0.3 is 5.97 Å². The highest BCUT2D eigenvalue weighted by atomic mass is 16.5. The second-order valence-electron chi connectivity index (χ2n) is 3.48. The van der Waals surface area contributed by atoms with Gasteiger partial charge in [0.2, 0.25) is 5.76 Å². The molecule has 0 aliphatic carbocycles. The fourth-order valence-electron chi connectivity index (χ4n) is 1.27. The van der Waals surface area contributed by atoms with Crippen LogP contribution in [-0.4, -0.2) is 23.5 Å². The lowest BCUT2D eigenvalue weighted by molar-refractivity contribution is -0.141. The van der Waals surface area contributed by atoms with E-state index in [0.29, 0.717) is 5.56 Å². The second-order valence-corrected chi connectivity index (χ2v) is 3.48. The Morgan fingerprint density at radius 2 is 2.12 bits per heavy atom. The molecule has 0 radical (unpaired) electrons. The Balaban J connectivity index is 2.85. The molecular weight excluding hydrogens is 220 g/mol. The van der Waals surface area contributed by atoms with Gasteiger partial charge in [-0.3, -0.25) is 4.79 Å². The summed E-state index contributed by atoms with van der Waals surface area (Å²) in [4.78, 5) is 22.8. The third kappa shape index (κ3) is 3.75. The maximum Gasteiger partial charge on any atom is 0.373 e. The van der Waals surface area contributed by atoms with Crippen LogP contribution in [0.4, 0.5) is 0 Å². The Labute approximate surface area is 99.5 Å². The number of aryl methyl sites for hydroxylation is 1. The molecule has 0 spiro atoms. The number of hydrogen-bond acceptors (Lipinski definition) is 4. The summed E-state index contributed by atoms with van der Waals surface area (Å²) in [6, 6.07) is 6.88. The number of esters is 1. The van der Waals surface area contributed by atoms with Crippen LogP contribution in [0.5, 0.6) is 0 Å². The highest BCUT2D eigenvalue weighted by molar-refractivity contribution is 6.08. The summed E-state index contributed by atoms with van der Waals surface area (Å²) in [5.41, 5.74) is 1.35. The van der Waals surface area contributed by atoms with Crippen LogP contribution in [0.1, 0.15) is 22.8 Å². The van der Waals surface area contributed by atoms with E-state index in [4.69, 9.17) is 0 Å². The molecule has 0 aliphatic heterocycles. The summed E-state index contributed by atoms with van der Waals surface area (Å²) in [6.45, 7) is 3.62. The quantitative estimate of drug-likeness (QED) is 0.375. The van der Waals surface area contributed by atoms with Crippen LogP contribution in [0.25, 0.3) is 0 Å². The Hall–Kier alpha value is -2.10. The Kier molecular flexibility index (Phi) is 4.46. The zero-order chi connectivity index (χ0) is 12.8. The van der Waals surface area contributed by atoms with Gasteiger partial charge in [0.25, 0.3) is 0 Å². The molecule has 0 aliphatic rings. The monoisotopic (exact) mass is 234 g/mol. The van der Waals surface area contributed by atoms with Crippen LogP contribution in [0, 0.1) is 6.92 Å². The molecule has 1 rings (SSSR count). The average molecular weight is 234 g/mol. The molecule has 1 N–H and O–H groups in total.